The number of rotatable bonds is 12. The first-order chi connectivity index (χ1) is 17.7. The molecule has 5 rings (SSSR count). The fourth-order valence-corrected chi connectivity index (χ4v) is 4.33. The molecule has 0 saturated carbocycles. The van der Waals surface area contributed by atoms with E-state index in [9.17, 15) is 5.11 Å². The topological polar surface area (TPSA) is 95.1 Å². The van der Waals surface area contributed by atoms with Crippen molar-refractivity contribution in [1.29, 1.82) is 0 Å². The van der Waals surface area contributed by atoms with Crippen LogP contribution in [-0.4, -0.2) is 61.5 Å². The Bertz CT molecular complexity index is 1160. The van der Waals surface area contributed by atoms with Crippen molar-refractivity contribution in [3.05, 3.63) is 77.7 Å². The highest BCUT2D eigenvalue weighted by molar-refractivity contribution is 6.01. The Morgan fingerprint density at radius 3 is 2.89 bits per heavy atom. The maximum absolute atomic E-state index is 10.7. The van der Waals surface area contributed by atoms with E-state index in [-0.39, 0.29) is 19.5 Å². The van der Waals surface area contributed by atoms with Crippen molar-refractivity contribution in [1.82, 2.24) is 4.90 Å². The molecule has 36 heavy (non-hydrogen) atoms. The lowest BCUT2D eigenvalue weighted by Gasteiger charge is -2.27. The number of aliphatic hydroxyl groups excluding tert-OH is 1. The van der Waals surface area contributed by atoms with Crippen LogP contribution in [0.1, 0.15) is 23.3 Å². The smallest absolute Gasteiger partial charge is 0.231 e. The summed E-state index contributed by atoms with van der Waals surface area (Å²) in [5.74, 6) is 2.97. The Hall–Kier alpha value is -3.53. The molecule has 1 N–H and O–H groups in total. The van der Waals surface area contributed by atoms with Crippen LogP contribution in [0.4, 0.5) is 0 Å². The monoisotopic (exact) mass is 494 g/mol. The summed E-state index contributed by atoms with van der Waals surface area (Å²) in [6.45, 7) is 2.36. The fraction of sp³-hybridized carbons (Fsp3) is 0.370. The number of hydrogen-bond donors (Lipinski definition) is 1. The minimum atomic E-state index is -0.679. The molecule has 190 valence electrons. The zero-order valence-corrected chi connectivity index (χ0v) is 20.2. The number of benzene rings is 2. The number of fused-ring (bicyclic) bond motifs is 1. The molecule has 1 aromatic heterocycles. The molecule has 0 spiro atoms. The molecule has 0 bridgehead atoms. The second-order valence-electron chi connectivity index (χ2n) is 8.83. The van der Waals surface area contributed by atoms with Crippen LogP contribution in [0.25, 0.3) is 0 Å². The van der Waals surface area contributed by atoms with E-state index >= 15 is 0 Å². The molecule has 2 aromatic carbocycles. The summed E-state index contributed by atoms with van der Waals surface area (Å²) in [4.78, 5) is 7.94. The third kappa shape index (κ3) is 6.17. The van der Waals surface area contributed by atoms with Crippen LogP contribution < -0.4 is 14.2 Å². The average Bonchev–Trinajstić information content (AvgIpc) is 3.66. The third-order valence-corrected chi connectivity index (χ3v) is 6.04. The maximum Gasteiger partial charge on any atom is 0.231 e. The van der Waals surface area contributed by atoms with Gasteiger partial charge in [-0.3, -0.25) is 4.90 Å². The van der Waals surface area contributed by atoms with Gasteiger partial charge in [0.1, 0.15) is 24.2 Å². The first kappa shape index (κ1) is 24.2. The van der Waals surface area contributed by atoms with E-state index in [1.165, 1.54) is 0 Å². The van der Waals surface area contributed by atoms with E-state index < -0.39 is 6.10 Å². The van der Waals surface area contributed by atoms with Gasteiger partial charge in [0.05, 0.1) is 31.8 Å². The summed E-state index contributed by atoms with van der Waals surface area (Å²) in [6, 6.07) is 17.4. The van der Waals surface area contributed by atoms with E-state index in [4.69, 9.17) is 28.2 Å². The third-order valence-electron chi connectivity index (χ3n) is 6.04. The zero-order chi connectivity index (χ0) is 24.7. The van der Waals surface area contributed by atoms with Crippen LogP contribution in [-0.2, 0) is 22.7 Å². The van der Waals surface area contributed by atoms with Gasteiger partial charge in [-0.05, 0) is 48.0 Å². The number of ether oxygens (including phenoxy) is 4. The minimum Gasteiger partial charge on any atom is -0.497 e. The highest BCUT2D eigenvalue weighted by Gasteiger charge is 2.27. The highest BCUT2D eigenvalue weighted by Crippen LogP contribution is 2.33. The van der Waals surface area contributed by atoms with Crippen LogP contribution in [0, 0.1) is 0 Å². The largest absolute Gasteiger partial charge is 0.497 e. The van der Waals surface area contributed by atoms with Gasteiger partial charge in [-0.25, -0.2) is 0 Å². The molecule has 3 heterocycles. The number of aliphatic hydroxyl groups is 1. The summed E-state index contributed by atoms with van der Waals surface area (Å²) in [6.07, 6.45) is 1.43. The van der Waals surface area contributed by atoms with Gasteiger partial charge in [0.15, 0.2) is 11.5 Å². The second-order valence-corrected chi connectivity index (χ2v) is 8.83. The predicted octanol–water partition coefficient (Wildman–Crippen LogP) is 3.59. The van der Waals surface area contributed by atoms with Crippen molar-refractivity contribution in [3.8, 4) is 17.2 Å². The molecule has 0 fully saturated rings. The summed E-state index contributed by atoms with van der Waals surface area (Å²) < 4.78 is 27.2. The van der Waals surface area contributed by atoms with Gasteiger partial charge in [-0.1, -0.05) is 17.3 Å². The van der Waals surface area contributed by atoms with Crippen LogP contribution in [0.3, 0.4) is 0 Å². The average molecular weight is 495 g/mol. The quantitative estimate of drug-likeness (QED) is 0.408. The summed E-state index contributed by atoms with van der Waals surface area (Å²) in [5, 5.41) is 15.0. The molecule has 0 amide bonds. The highest BCUT2D eigenvalue weighted by atomic mass is 16.7. The molecular formula is C27H30N2O7. The van der Waals surface area contributed by atoms with E-state index in [0.29, 0.717) is 32.7 Å². The first-order valence-electron chi connectivity index (χ1n) is 11.9. The standard InChI is InChI=1S/C27H30N2O7/c1-31-22-5-2-4-19(10-22)13-29(14-21(30)16-32-17-23-6-3-9-33-23)15-24-12-25(28-36-24)20-7-8-26-27(11-20)35-18-34-26/h2-11,21,24,30H,12-18H2,1H3/t21-,24-/m1/s1. The number of furan rings is 1. The normalized spacial score (nSPS) is 17.2. The number of nitrogens with zero attached hydrogens (tertiary/aromatic N) is 2. The van der Waals surface area contributed by atoms with Gasteiger partial charge in [0.2, 0.25) is 6.79 Å². The van der Waals surface area contributed by atoms with Gasteiger partial charge < -0.3 is 33.3 Å². The Labute approximate surface area is 209 Å². The van der Waals surface area contributed by atoms with Gasteiger partial charge in [0.25, 0.3) is 0 Å². The molecule has 2 aliphatic rings. The van der Waals surface area contributed by atoms with E-state index in [2.05, 4.69) is 10.1 Å². The molecule has 3 aromatic rings. The Kier molecular flexibility index (Phi) is 7.70. The van der Waals surface area contributed by atoms with E-state index in [0.717, 1.165) is 39.8 Å². The molecular weight excluding hydrogens is 464 g/mol. The Morgan fingerprint density at radius 1 is 1.11 bits per heavy atom. The van der Waals surface area contributed by atoms with Crippen LogP contribution in [0.5, 0.6) is 17.2 Å². The van der Waals surface area contributed by atoms with Crippen molar-refractivity contribution in [2.45, 2.75) is 31.8 Å². The lowest BCUT2D eigenvalue weighted by atomic mass is 10.0. The van der Waals surface area contributed by atoms with Gasteiger partial charge in [-0.15, -0.1) is 0 Å². The predicted molar refractivity (Wildman–Crippen MR) is 131 cm³/mol. The van der Waals surface area contributed by atoms with Gasteiger partial charge in [0, 0.05) is 31.6 Å². The molecule has 0 aliphatic carbocycles. The summed E-state index contributed by atoms with van der Waals surface area (Å²) in [7, 11) is 1.65. The molecule has 0 radical (unpaired) electrons. The van der Waals surface area contributed by atoms with Crippen LogP contribution in [0.15, 0.2) is 70.4 Å². The second kappa shape index (κ2) is 11.5. The SMILES string of the molecule is COc1cccc(CN(C[C@@H](O)COCc2ccco2)C[C@H]2CC(c3ccc4c(c3)OCO4)=NO2)c1. The molecule has 2 atom stereocenters. The number of oxime groups is 1. The lowest BCUT2D eigenvalue weighted by Crippen LogP contribution is -2.39. The summed E-state index contributed by atoms with van der Waals surface area (Å²) in [5.41, 5.74) is 2.89. The van der Waals surface area contributed by atoms with Crippen molar-refractivity contribution in [2.24, 2.45) is 5.16 Å². The minimum absolute atomic E-state index is 0.146. The van der Waals surface area contributed by atoms with Crippen LogP contribution >= 0.6 is 0 Å². The maximum atomic E-state index is 10.7. The van der Waals surface area contributed by atoms with Crippen molar-refractivity contribution >= 4 is 5.71 Å². The Balaban J connectivity index is 1.20. The number of methoxy groups -OCH3 is 1. The van der Waals surface area contributed by atoms with E-state index in [1.807, 2.05) is 54.6 Å². The fourth-order valence-electron chi connectivity index (χ4n) is 4.33. The first-order valence-corrected chi connectivity index (χ1v) is 11.9. The van der Waals surface area contributed by atoms with Gasteiger partial charge >= 0.3 is 0 Å². The molecule has 0 unspecified atom stereocenters. The molecule has 9 nitrogen and oxygen atoms in total. The van der Waals surface area contributed by atoms with E-state index in [1.54, 1.807) is 13.4 Å². The lowest BCUT2D eigenvalue weighted by molar-refractivity contribution is -0.00956. The van der Waals surface area contributed by atoms with Crippen LogP contribution in [0.2, 0.25) is 0 Å². The molecule has 9 heteroatoms. The Morgan fingerprint density at radius 2 is 2.03 bits per heavy atom. The van der Waals surface area contributed by atoms with Crippen molar-refractivity contribution in [3.63, 3.8) is 0 Å². The molecule has 0 saturated heterocycles. The molecule has 2 aliphatic heterocycles. The number of hydrogen-bond acceptors (Lipinski definition) is 9. The zero-order valence-electron chi connectivity index (χ0n) is 20.2. The summed E-state index contributed by atoms with van der Waals surface area (Å²) >= 11 is 0. The van der Waals surface area contributed by atoms with Gasteiger partial charge in [-0.2, -0.15) is 0 Å². The van der Waals surface area contributed by atoms with Crippen molar-refractivity contribution < 1.29 is 33.3 Å². The van der Waals surface area contributed by atoms with Crippen molar-refractivity contribution in [2.75, 3.05) is 33.6 Å².